The largest absolute Gasteiger partial charge is 0.410 e. The summed E-state index contributed by atoms with van der Waals surface area (Å²) in [4.78, 5) is 0. The van der Waals surface area contributed by atoms with Gasteiger partial charge in [0, 0.05) is 19.1 Å². The summed E-state index contributed by atoms with van der Waals surface area (Å²) in [5, 5.41) is 19.8. The van der Waals surface area contributed by atoms with Gasteiger partial charge in [0.2, 0.25) is 0 Å². The van der Waals surface area contributed by atoms with E-state index in [-0.39, 0.29) is 11.6 Å². The molecule has 1 heterocycles. The Kier molecular flexibility index (Phi) is 2.87. The van der Waals surface area contributed by atoms with Gasteiger partial charge in [0.05, 0.1) is 0 Å². The highest BCUT2D eigenvalue weighted by molar-refractivity contribution is 5.99. The van der Waals surface area contributed by atoms with Crippen LogP contribution in [0, 0.1) is 17.2 Å². The molecule has 0 amide bonds. The van der Waals surface area contributed by atoms with Crippen molar-refractivity contribution in [1.82, 2.24) is 0 Å². The first-order valence-corrected chi connectivity index (χ1v) is 3.58. The summed E-state index contributed by atoms with van der Waals surface area (Å²) in [5.41, 5.74) is 0.230. The normalized spacial score (nSPS) is 21.2. The molecule has 0 unspecified atom stereocenters. The zero-order valence-corrected chi connectivity index (χ0v) is 6.16. The second kappa shape index (κ2) is 3.94. The number of nitrogens with zero attached hydrogens (tertiary/aromatic N) is 2. The third kappa shape index (κ3) is 1.92. The molecule has 0 radical (unpaired) electrons. The lowest BCUT2D eigenvalue weighted by Gasteiger charge is -2.19. The molecule has 1 fully saturated rings. The summed E-state index contributed by atoms with van der Waals surface area (Å²) in [6, 6.07) is 1.87. The van der Waals surface area contributed by atoms with Crippen LogP contribution in [-0.2, 0) is 4.74 Å². The van der Waals surface area contributed by atoms with Gasteiger partial charge in [-0.15, -0.1) is 0 Å². The fourth-order valence-corrected chi connectivity index (χ4v) is 1.17. The van der Waals surface area contributed by atoms with E-state index in [0.717, 1.165) is 12.8 Å². The first-order chi connectivity index (χ1) is 5.38. The lowest BCUT2D eigenvalue weighted by Crippen LogP contribution is -2.22. The van der Waals surface area contributed by atoms with E-state index in [2.05, 4.69) is 5.16 Å². The van der Waals surface area contributed by atoms with Crippen molar-refractivity contribution >= 4 is 5.71 Å². The first kappa shape index (κ1) is 8.02. The Balaban J connectivity index is 2.52. The fourth-order valence-electron chi connectivity index (χ4n) is 1.17. The SMILES string of the molecule is N#C/C(=N\O)C1CCOCC1. The van der Waals surface area contributed by atoms with Crippen LogP contribution in [0.5, 0.6) is 0 Å². The lowest BCUT2D eigenvalue weighted by molar-refractivity contribution is 0.0823. The Hall–Kier alpha value is -1.08. The maximum Gasteiger partial charge on any atom is 0.159 e. The molecule has 0 aromatic heterocycles. The van der Waals surface area contributed by atoms with Gasteiger partial charge in [-0.1, -0.05) is 5.16 Å². The molecule has 1 aliphatic rings. The first-order valence-electron chi connectivity index (χ1n) is 3.58. The van der Waals surface area contributed by atoms with Gasteiger partial charge < -0.3 is 9.94 Å². The number of nitriles is 1. The van der Waals surface area contributed by atoms with Crippen molar-refractivity contribution in [2.45, 2.75) is 12.8 Å². The molecule has 0 spiro atoms. The predicted molar refractivity (Wildman–Crippen MR) is 38.4 cm³/mol. The zero-order valence-electron chi connectivity index (χ0n) is 6.16. The molecule has 11 heavy (non-hydrogen) atoms. The lowest BCUT2D eigenvalue weighted by atomic mass is 9.96. The van der Waals surface area contributed by atoms with Gasteiger partial charge in [-0.25, -0.2) is 0 Å². The van der Waals surface area contributed by atoms with Crippen LogP contribution in [0.3, 0.4) is 0 Å². The molecule has 1 rings (SSSR count). The minimum atomic E-state index is 0.0961. The van der Waals surface area contributed by atoms with Gasteiger partial charge in [0.1, 0.15) is 6.07 Å². The second-order valence-corrected chi connectivity index (χ2v) is 2.48. The maximum atomic E-state index is 8.50. The molecule has 0 atom stereocenters. The topological polar surface area (TPSA) is 65.6 Å². The Labute approximate surface area is 65.1 Å². The standard InChI is InChI=1S/C7H10N2O2/c8-5-7(9-10)6-1-3-11-4-2-6/h6,10H,1-4H2/b9-7+. The third-order valence-corrected chi connectivity index (χ3v) is 1.83. The molecular formula is C7H10N2O2. The van der Waals surface area contributed by atoms with E-state index in [4.69, 9.17) is 15.2 Å². The van der Waals surface area contributed by atoms with E-state index in [0.29, 0.717) is 13.2 Å². The number of hydrogen-bond donors (Lipinski definition) is 1. The highest BCUT2D eigenvalue weighted by Gasteiger charge is 2.19. The highest BCUT2D eigenvalue weighted by atomic mass is 16.5. The minimum Gasteiger partial charge on any atom is -0.410 e. The van der Waals surface area contributed by atoms with Gasteiger partial charge in [-0.05, 0) is 12.8 Å². The van der Waals surface area contributed by atoms with Crippen molar-refractivity contribution in [1.29, 1.82) is 5.26 Å². The Morgan fingerprint density at radius 1 is 1.55 bits per heavy atom. The molecule has 60 valence electrons. The van der Waals surface area contributed by atoms with E-state index in [1.807, 2.05) is 6.07 Å². The number of ether oxygens (including phenoxy) is 1. The monoisotopic (exact) mass is 154 g/mol. The number of oxime groups is 1. The molecular weight excluding hydrogens is 144 g/mol. The summed E-state index contributed by atoms with van der Waals surface area (Å²) >= 11 is 0. The van der Waals surface area contributed by atoms with Crippen LogP contribution >= 0.6 is 0 Å². The predicted octanol–water partition coefficient (Wildman–Crippen LogP) is 0.767. The molecule has 0 aliphatic carbocycles. The molecule has 0 aromatic rings. The summed E-state index contributed by atoms with van der Waals surface area (Å²) in [7, 11) is 0. The molecule has 1 N–H and O–H groups in total. The number of hydrogen-bond acceptors (Lipinski definition) is 4. The Morgan fingerprint density at radius 3 is 2.64 bits per heavy atom. The summed E-state index contributed by atoms with van der Waals surface area (Å²) in [6.07, 6.45) is 1.57. The van der Waals surface area contributed by atoms with Gasteiger partial charge >= 0.3 is 0 Å². The van der Waals surface area contributed by atoms with Crippen molar-refractivity contribution < 1.29 is 9.94 Å². The van der Waals surface area contributed by atoms with Crippen LogP contribution in [0.4, 0.5) is 0 Å². The van der Waals surface area contributed by atoms with Crippen molar-refractivity contribution in [2.24, 2.45) is 11.1 Å². The van der Waals surface area contributed by atoms with Crippen LogP contribution in [-0.4, -0.2) is 24.1 Å². The quantitative estimate of drug-likeness (QED) is 0.344. The van der Waals surface area contributed by atoms with Crippen LogP contribution in [0.1, 0.15) is 12.8 Å². The molecule has 1 saturated heterocycles. The van der Waals surface area contributed by atoms with Crippen molar-refractivity contribution in [3.8, 4) is 6.07 Å². The average molecular weight is 154 g/mol. The molecule has 1 aliphatic heterocycles. The maximum absolute atomic E-state index is 8.50. The fraction of sp³-hybridized carbons (Fsp3) is 0.714. The van der Waals surface area contributed by atoms with Crippen LogP contribution in [0.15, 0.2) is 5.16 Å². The van der Waals surface area contributed by atoms with Gasteiger partial charge in [-0.3, -0.25) is 0 Å². The van der Waals surface area contributed by atoms with E-state index >= 15 is 0 Å². The van der Waals surface area contributed by atoms with Gasteiger partial charge in [0.15, 0.2) is 5.71 Å². The highest BCUT2D eigenvalue weighted by Crippen LogP contribution is 2.15. The third-order valence-electron chi connectivity index (χ3n) is 1.83. The zero-order chi connectivity index (χ0) is 8.10. The smallest absolute Gasteiger partial charge is 0.159 e. The van der Waals surface area contributed by atoms with Crippen molar-refractivity contribution in [3.05, 3.63) is 0 Å². The molecule has 0 saturated carbocycles. The minimum absolute atomic E-state index is 0.0961. The Morgan fingerprint density at radius 2 is 2.18 bits per heavy atom. The van der Waals surface area contributed by atoms with Gasteiger partial charge in [0.25, 0.3) is 0 Å². The summed E-state index contributed by atoms with van der Waals surface area (Å²) < 4.78 is 5.09. The molecule has 4 nitrogen and oxygen atoms in total. The van der Waals surface area contributed by atoms with Crippen LogP contribution < -0.4 is 0 Å². The van der Waals surface area contributed by atoms with Crippen molar-refractivity contribution in [2.75, 3.05) is 13.2 Å². The number of rotatable bonds is 1. The van der Waals surface area contributed by atoms with Gasteiger partial charge in [-0.2, -0.15) is 5.26 Å². The summed E-state index contributed by atoms with van der Waals surface area (Å²) in [5.74, 6) is 0.0961. The summed E-state index contributed by atoms with van der Waals surface area (Å²) in [6.45, 7) is 1.32. The second-order valence-electron chi connectivity index (χ2n) is 2.48. The van der Waals surface area contributed by atoms with E-state index in [9.17, 15) is 0 Å². The van der Waals surface area contributed by atoms with Crippen LogP contribution in [0.2, 0.25) is 0 Å². The molecule has 0 aromatic carbocycles. The Bertz CT molecular complexity index is 189. The van der Waals surface area contributed by atoms with Crippen LogP contribution in [0.25, 0.3) is 0 Å². The van der Waals surface area contributed by atoms with E-state index < -0.39 is 0 Å². The molecule has 0 bridgehead atoms. The average Bonchev–Trinajstić information content (AvgIpc) is 2.09. The van der Waals surface area contributed by atoms with Crippen molar-refractivity contribution in [3.63, 3.8) is 0 Å². The van der Waals surface area contributed by atoms with E-state index in [1.54, 1.807) is 0 Å². The molecule has 4 heteroatoms. The van der Waals surface area contributed by atoms with E-state index in [1.165, 1.54) is 0 Å².